The Morgan fingerprint density at radius 2 is 1.32 bits per heavy atom. The largest absolute Gasteiger partial charge is 0.507 e. The molecule has 2 heteroatoms. The lowest BCUT2D eigenvalue weighted by molar-refractivity contribution is 0.173. The second-order valence-corrected chi connectivity index (χ2v) is 7.39. The lowest BCUT2D eigenvalue weighted by atomic mass is 9.78. The zero-order chi connectivity index (χ0) is 15.0. The van der Waals surface area contributed by atoms with Crippen LogP contribution in [0.5, 0.6) is 5.75 Å². The van der Waals surface area contributed by atoms with Crippen molar-refractivity contribution in [3.63, 3.8) is 0 Å². The summed E-state index contributed by atoms with van der Waals surface area (Å²) in [5.41, 5.74) is 2.42. The fourth-order valence-electron chi connectivity index (χ4n) is 2.23. The van der Waals surface area contributed by atoms with Crippen molar-refractivity contribution in [2.45, 2.75) is 71.8 Å². The van der Waals surface area contributed by atoms with E-state index in [0.29, 0.717) is 12.2 Å². The van der Waals surface area contributed by atoms with Crippen LogP contribution in [0, 0.1) is 0 Å². The highest BCUT2D eigenvalue weighted by Gasteiger charge is 2.27. The normalized spacial score (nSPS) is 14.5. The van der Waals surface area contributed by atoms with Crippen LogP contribution in [0.2, 0.25) is 0 Å². The van der Waals surface area contributed by atoms with Crippen LogP contribution in [0.4, 0.5) is 0 Å². The van der Waals surface area contributed by atoms with Gasteiger partial charge >= 0.3 is 0 Å². The molecular formula is C17H28O2. The Balaban J connectivity index is 3.57. The first-order chi connectivity index (χ1) is 8.48. The van der Waals surface area contributed by atoms with Crippen molar-refractivity contribution in [3.05, 3.63) is 28.8 Å². The molecule has 0 bridgehead atoms. The Kier molecular flexibility index (Phi) is 4.36. The molecule has 19 heavy (non-hydrogen) atoms. The van der Waals surface area contributed by atoms with Gasteiger partial charge in [0.25, 0.3) is 0 Å². The zero-order valence-corrected chi connectivity index (χ0v) is 13.3. The average Bonchev–Trinajstić information content (AvgIpc) is 2.25. The number of phenolic OH excluding ortho intramolecular Hbond substituents is 1. The quantitative estimate of drug-likeness (QED) is 0.829. The number of benzene rings is 1. The third kappa shape index (κ3) is 3.50. The maximum atomic E-state index is 10.6. The minimum Gasteiger partial charge on any atom is -0.507 e. The molecule has 1 atom stereocenters. The summed E-state index contributed by atoms with van der Waals surface area (Å²) in [6.45, 7) is 14.4. The van der Waals surface area contributed by atoms with Gasteiger partial charge in [0.05, 0.1) is 6.10 Å². The van der Waals surface area contributed by atoms with E-state index in [2.05, 4.69) is 41.5 Å². The maximum absolute atomic E-state index is 10.6. The van der Waals surface area contributed by atoms with E-state index in [0.717, 1.165) is 16.7 Å². The minimum atomic E-state index is -0.470. The van der Waals surface area contributed by atoms with Gasteiger partial charge in [-0.05, 0) is 46.1 Å². The number of aliphatic hydroxyl groups excluding tert-OH is 1. The van der Waals surface area contributed by atoms with Crippen LogP contribution in [-0.4, -0.2) is 10.2 Å². The maximum Gasteiger partial charge on any atom is 0.123 e. The molecule has 2 nitrogen and oxygen atoms in total. The summed E-state index contributed by atoms with van der Waals surface area (Å²) >= 11 is 0. The summed E-state index contributed by atoms with van der Waals surface area (Å²) in [7, 11) is 0. The Morgan fingerprint density at radius 1 is 0.947 bits per heavy atom. The first-order valence-corrected chi connectivity index (χ1v) is 7.04. The van der Waals surface area contributed by atoms with Crippen LogP contribution in [0.3, 0.4) is 0 Å². The minimum absolute atomic E-state index is 0.145. The highest BCUT2D eigenvalue weighted by molar-refractivity contribution is 5.50. The van der Waals surface area contributed by atoms with E-state index < -0.39 is 6.10 Å². The first-order valence-electron chi connectivity index (χ1n) is 7.04. The summed E-state index contributed by atoms with van der Waals surface area (Å²) in [5, 5.41) is 20.7. The fraction of sp³-hybridized carbons (Fsp3) is 0.647. The van der Waals surface area contributed by atoms with Gasteiger partial charge in [-0.3, -0.25) is 0 Å². The molecule has 2 N–H and O–H groups in total. The van der Waals surface area contributed by atoms with E-state index in [1.807, 2.05) is 19.1 Å². The second kappa shape index (κ2) is 5.16. The molecule has 108 valence electrons. The summed E-state index contributed by atoms with van der Waals surface area (Å²) in [6, 6.07) is 3.89. The molecule has 1 aromatic rings. The van der Waals surface area contributed by atoms with Gasteiger partial charge < -0.3 is 10.2 Å². The van der Waals surface area contributed by atoms with Gasteiger partial charge in [-0.2, -0.15) is 0 Å². The molecular weight excluding hydrogens is 236 g/mol. The van der Waals surface area contributed by atoms with Gasteiger partial charge in [0.2, 0.25) is 0 Å². The summed E-state index contributed by atoms with van der Waals surface area (Å²) in [4.78, 5) is 0. The number of hydrogen-bond donors (Lipinski definition) is 2. The SMILES string of the molecule is CC[C@@H](O)c1cc(C(C)(C)C)c(O)c(C(C)(C)C)c1. The Hall–Kier alpha value is -1.02. The van der Waals surface area contributed by atoms with Crippen LogP contribution in [0.15, 0.2) is 12.1 Å². The monoisotopic (exact) mass is 264 g/mol. The summed E-state index contributed by atoms with van der Waals surface area (Å²) < 4.78 is 0. The van der Waals surface area contributed by atoms with Gasteiger partial charge in [-0.15, -0.1) is 0 Å². The van der Waals surface area contributed by atoms with Crippen molar-refractivity contribution in [2.75, 3.05) is 0 Å². The number of aliphatic hydroxyl groups is 1. The molecule has 0 aliphatic carbocycles. The van der Waals surface area contributed by atoms with Gasteiger partial charge in [-0.1, -0.05) is 48.5 Å². The number of aromatic hydroxyl groups is 1. The van der Waals surface area contributed by atoms with Crippen LogP contribution in [0.25, 0.3) is 0 Å². The fourth-order valence-corrected chi connectivity index (χ4v) is 2.23. The average molecular weight is 264 g/mol. The van der Waals surface area contributed by atoms with Crippen molar-refractivity contribution in [1.82, 2.24) is 0 Å². The summed E-state index contributed by atoms with van der Waals surface area (Å²) in [5.74, 6) is 0.368. The number of phenols is 1. The zero-order valence-electron chi connectivity index (χ0n) is 13.3. The molecule has 0 saturated carbocycles. The third-order valence-corrected chi connectivity index (χ3v) is 3.52. The molecule has 0 aromatic heterocycles. The third-order valence-electron chi connectivity index (χ3n) is 3.52. The smallest absolute Gasteiger partial charge is 0.123 e. The first kappa shape index (κ1) is 16.0. The van der Waals surface area contributed by atoms with Crippen LogP contribution in [-0.2, 0) is 10.8 Å². The van der Waals surface area contributed by atoms with Crippen molar-refractivity contribution < 1.29 is 10.2 Å². The highest BCUT2D eigenvalue weighted by Crippen LogP contribution is 2.41. The van der Waals surface area contributed by atoms with Crippen LogP contribution in [0.1, 0.15) is 77.7 Å². The molecule has 0 spiro atoms. The molecule has 0 aliphatic heterocycles. The molecule has 0 aliphatic rings. The Labute approximate surface area is 117 Å². The summed E-state index contributed by atoms with van der Waals surface area (Å²) in [6.07, 6.45) is 0.209. The van der Waals surface area contributed by atoms with Crippen molar-refractivity contribution in [2.24, 2.45) is 0 Å². The van der Waals surface area contributed by atoms with E-state index in [-0.39, 0.29) is 10.8 Å². The van der Waals surface area contributed by atoms with E-state index in [4.69, 9.17) is 0 Å². The molecule has 0 unspecified atom stereocenters. The number of hydrogen-bond acceptors (Lipinski definition) is 2. The van der Waals surface area contributed by atoms with E-state index >= 15 is 0 Å². The Bertz CT molecular complexity index is 412. The van der Waals surface area contributed by atoms with Gasteiger partial charge in [-0.25, -0.2) is 0 Å². The van der Waals surface area contributed by atoms with Crippen LogP contribution >= 0.6 is 0 Å². The van der Waals surface area contributed by atoms with Crippen molar-refractivity contribution in [1.29, 1.82) is 0 Å². The standard InChI is InChI=1S/C17H28O2/c1-8-14(18)11-9-12(16(2,3)4)15(19)13(10-11)17(5,6)7/h9-10,14,18-19H,8H2,1-7H3/t14-/m1/s1. The predicted octanol–water partition coefficient (Wildman–Crippen LogP) is 4.43. The van der Waals surface area contributed by atoms with Gasteiger partial charge in [0.1, 0.15) is 5.75 Å². The van der Waals surface area contributed by atoms with E-state index in [1.54, 1.807) is 0 Å². The van der Waals surface area contributed by atoms with Crippen LogP contribution < -0.4 is 0 Å². The Morgan fingerprint density at radius 3 is 1.58 bits per heavy atom. The van der Waals surface area contributed by atoms with E-state index in [9.17, 15) is 10.2 Å². The lowest BCUT2D eigenvalue weighted by Crippen LogP contribution is -2.18. The van der Waals surface area contributed by atoms with Crippen molar-refractivity contribution >= 4 is 0 Å². The van der Waals surface area contributed by atoms with Gasteiger partial charge in [0, 0.05) is 0 Å². The van der Waals surface area contributed by atoms with Gasteiger partial charge in [0.15, 0.2) is 0 Å². The molecule has 1 aromatic carbocycles. The van der Waals surface area contributed by atoms with Crippen molar-refractivity contribution in [3.8, 4) is 5.75 Å². The lowest BCUT2D eigenvalue weighted by Gasteiger charge is -2.29. The molecule has 0 amide bonds. The molecule has 0 heterocycles. The number of rotatable bonds is 2. The molecule has 0 saturated heterocycles. The highest BCUT2D eigenvalue weighted by atomic mass is 16.3. The molecule has 1 rings (SSSR count). The topological polar surface area (TPSA) is 40.5 Å². The second-order valence-electron chi connectivity index (χ2n) is 7.39. The van der Waals surface area contributed by atoms with E-state index in [1.165, 1.54) is 0 Å². The molecule has 0 fully saturated rings. The molecule has 0 radical (unpaired) electrons. The predicted molar refractivity (Wildman–Crippen MR) is 80.8 cm³/mol.